The van der Waals surface area contributed by atoms with E-state index in [-0.39, 0.29) is 5.82 Å². The van der Waals surface area contributed by atoms with E-state index in [4.69, 9.17) is 11.6 Å². The number of carbonyl (C=O) groups is 1. The van der Waals surface area contributed by atoms with Crippen LogP contribution < -0.4 is 0 Å². The number of fused-ring (bicyclic) bond motifs is 1. The fraction of sp³-hybridized carbons (Fsp3) is 0.250. The van der Waals surface area contributed by atoms with E-state index in [2.05, 4.69) is 0 Å². The van der Waals surface area contributed by atoms with Gasteiger partial charge in [-0.05, 0) is 68.8 Å². The van der Waals surface area contributed by atoms with Gasteiger partial charge in [-0.15, -0.1) is 0 Å². The van der Waals surface area contributed by atoms with Crippen molar-refractivity contribution in [2.24, 2.45) is 5.41 Å². The number of hydrogen-bond acceptors (Lipinski definition) is 1. The number of aliphatic carboxylic acids is 1. The molecule has 0 saturated heterocycles. The molecule has 25 heavy (non-hydrogen) atoms. The normalized spacial score (nSPS) is 11.9. The highest BCUT2D eigenvalue weighted by atomic mass is 35.5. The number of halogens is 2. The Morgan fingerprint density at radius 3 is 2.44 bits per heavy atom. The molecule has 0 spiro atoms. The lowest BCUT2D eigenvalue weighted by atomic mass is 9.87. The van der Waals surface area contributed by atoms with Gasteiger partial charge in [-0.3, -0.25) is 4.79 Å². The first kappa shape index (κ1) is 17.5. The number of rotatable bonds is 4. The van der Waals surface area contributed by atoms with Crippen LogP contribution in [-0.4, -0.2) is 15.6 Å². The number of carboxylic acids is 1. The molecule has 1 aromatic heterocycles. The Labute approximate surface area is 150 Å². The molecule has 0 aliphatic rings. The van der Waals surface area contributed by atoms with Crippen LogP contribution in [0.5, 0.6) is 0 Å². The molecule has 2 aromatic carbocycles. The molecule has 3 rings (SSSR count). The second-order valence-corrected chi connectivity index (χ2v) is 7.35. The monoisotopic (exact) mass is 359 g/mol. The molecule has 1 N–H and O–H groups in total. The van der Waals surface area contributed by atoms with E-state index >= 15 is 0 Å². The molecular formula is C20H19ClFNO2. The van der Waals surface area contributed by atoms with Gasteiger partial charge in [0, 0.05) is 28.2 Å². The third-order valence-corrected chi connectivity index (χ3v) is 4.83. The molecule has 0 atom stereocenters. The maximum atomic E-state index is 13.8. The minimum absolute atomic E-state index is 0.312. The predicted molar refractivity (Wildman–Crippen MR) is 98.1 cm³/mol. The van der Waals surface area contributed by atoms with Gasteiger partial charge < -0.3 is 9.67 Å². The number of benzene rings is 2. The van der Waals surface area contributed by atoms with E-state index < -0.39 is 11.4 Å². The van der Waals surface area contributed by atoms with Crippen molar-refractivity contribution in [3.05, 3.63) is 64.6 Å². The maximum Gasteiger partial charge on any atom is 0.309 e. The van der Waals surface area contributed by atoms with Crippen molar-refractivity contribution in [2.75, 3.05) is 0 Å². The molecule has 130 valence electrons. The van der Waals surface area contributed by atoms with Crippen LogP contribution in [-0.2, 0) is 11.2 Å². The quantitative estimate of drug-likeness (QED) is 0.679. The highest BCUT2D eigenvalue weighted by Gasteiger charge is 2.30. The molecule has 0 unspecified atom stereocenters. The lowest BCUT2D eigenvalue weighted by Crippen LogP contribution is -2.27. The Hall–Kier alpha value is -2.33. The molecule has 0 amide bonds. The van der Waals surface area contributed by atoms with Crippen LogP contribution in [0, 0.1) is 18.2 Å². The lowest BCUT2D eigenvalue weighted by molar-refractivity contribution is -0.146. The number of nitrogens with zero attached hydrogens (tertiary/aromatic N) is 1. The Morgan fingerprint density at radius 1 is 1.20 bits per heavy atom. The van der Waals surface area contributed by atoms with E-state index in [9.17, 15) is 14.3 Å². The number of carboxylic acid groups (broad SMARTS) is 1. The summed E-state index contributed by atoms with van der Waals surface area (Å²) in [5, 5.41) is 10.9. The van der Waals surface area contributed by atoms with Crippen molar-refractivity contribution in [1.29, 1.82) is 0 Å². The van der Waals surface area contributed by atoms with E-state index in [0.29, 0.717) is 11.4 Å². The van der Waals surface area contributed by atoms with Crippen LogP contribution in [0.3, 0.4) is 0 Å². The fourth-order valence-corrected chi connectivity index (χ4v) is 3.19. The smallest absolute Gasteiger partial charge is 0.309 e. The van der Waals surface area contributed by atoms with Gasteiger partial charge >= 0.3 is 5.97 Å². The van der Waals surface area contributed by atoms with Gasteiger partial charge in [-0.25, -0.2) is 4.39 Å². The zero-order valence-electron chi connectivity index (χ0n) is 14.3. The lowest BCUT2D eigenvalue weighted by Gasteiger charge is -2.21. The summed E-state index contributed by atoms with van der Waals surface area (Å²) in [6.45, 7) is 5.29. The second kappa shape index (κ2) is 6.19. The van der Waals surface area contributed by atoms with Crippen LogP contribution in [0.2, 0.25) is 5.02 Å². The third-order valence-electron chi connectivity index (χ3n) is 4.58. The molecule has 3 aromatic rings. The summed E-state index contributed by atoms with van der Waals surface area (Å²) in [5.74, 6) is -1.18. The number of aryl methyl sites for hydroxylation is 1. The summed E-state index contributed by atoms with van der Waals surface area (Å²) >= 11 is 5.99. The van der Waals surface area contributed by atoms with Crippen LogP contribution in [0.1, 0.15) is 25.1 Å². The fourth-order valence-electron chi connectivity index (χ4n) is 3.06. The Kier molecular flexibility index (Phi) is 4.33. The summed E-state index contributed by atoms with van der Waals surface area (Å²) in [4.78, 5) is 11.6. The molecule has 3 nitrogen and oxygen atoms in total. The molecular weight excluding hydrogens is 341 g/mol. The minimum atomic E-state index is -0.943. The number of aromatic nitrogens is 1. The first-order chi connectivity index (χ1) is 11.7. The Bertz CT molecular complexity index is 958. The molecule has 0 aliphatic carbocycles. The number of hydrogen-bond donors (Lipinski definition) is 1. The van der Waals surface area contributed by atoms with Gasteiger partial charge in [0.2, 0.25) is 0 Å². The summed E-state index contributed by atoms with van der Waals surface area (Å²) in [5.41, 5.74) is 2.51. The minimum Gasteiger partial charge on any atom is -0.481 e. The summed E-state index contributed by atoms with van der Waals surface area (Å²) in [6, 6.07) is 12.0. The first-order valence-electron chi connectivity index (χ1n) is 7.99. The van der Waals surface area contributed by atoms with Crippen LogP contribution in [0.4, 0.5) is 4.39 Å². The third kappa shape index (κ3) is 3.14. The first-order valence-corrected chi connectivity index (χ1v) is 8.37. The van der Waals surface area contributed by atoms with Gasteiger partial charge in [-0.2, -0.15) is 0 Å². The van der Waals surface area contributed by atoms with E-state index in [1.54, 1.807) is 32.0 Å². The SMILES string of the molecule is Cc1c(CC(C)(C)C(=O)O)n(-c2ccc(Cl)cc2)c2ccc(F)cc12. The van der Waals surface area contributed by atoms with Crippen molar-refractivity contribution >= 4 is 28.5 Å². The average molecular weight is 360 g/mol. The van der Waals surface area contributed by atoms with E-state index in [0.717, 1.165) is 27.8 Å². The second-order valence-electron chi connectivity index (χ2n) is 6.91. The van der Waals surface area contributed by atoms with E-state index in [1.807, 2.05) is 23.6 Å². The predicted octanol–water partition coefficient (Wildman–Crippen LogP) is 5.38. The van der Waals surface area contributed by atoms with Gasteiger partial charge in [0.15, 0.2) is 0 Å². The topological polar surface area (TPSA) is 42.2 Å². The molecule has 0 aliphatic heterocycles. The van der Waals surface area contributed by atoms with Crippen LogP contribution in [0.15, 0.2) is 42.5 Å². The van der Waals surface area contributed by atoms with Crippen LogP contribution >= 0.6 is 11.6 Å². The summed E-state index contributed by atoms with van der Waals surface area (Å²) < 4.78 is 15.7. The highest BCUT2D eigenvalue weighted by Crippen LogP contribution is 2.34. The zero-order chi connectivity index (χ0) is 18.4. The molecule has 0 saturated carbocycles. The average Bonchev–Trinajstić information content (AvgIpc) is 2.80. The van der Waals surface area contributed by atoms with Gasteiger partial charge in [0.05, 0.1) is 10.9 Å². The molecule has 0 radical (unpaired) electrons. The molecule has 5 heteroatoms. The zero-order valence-corrected chi connectivity index (χ0v) is 15.1. The highest BCUT2D eigenvalue weighted by molar-refractivity contribution is 6.30. The maximum absolute atomic E-state index is 13.8. The van der Waals surface area contributed by atoms with Crippen molar-refractivity contribution < 1.29 is 14.3 Å². The van der Waals surface area contributed by atoms with Crippen molar-refractivity contribution in [2.45, 2.75) is 27.2 Å². The Balaban J connectivity index is 2.30. The van der Waals surface area contributed by atoms with E-state index in [1.165, 1.54) is 12.1 Å². The summed E-state index contributed by atoms with van der Waals surface area (Å²) in [7, 11) is 0. The molecule has 1 heterocycles. The van der Waals surface area contributed by atoms with Gasteiger partial charge in [-0.1, -0.05) is 11.6 Å². The summed E-state index contributed by atoms with van der Waals surface area (Å²) in [6.07, 6.45) is 0.326. The van der Waals surface area contributed by atoms with Gasteiger partial charge in [0.25, 0.3) is 0 Å². The molecule has 0 bridgehead atoms. The van der Waals surface area contributed by atoms with Crippen LogP contribution in [0.25, 0.3) is 16.6 Å². The standard InChI is InChI=1S/C20H19ClFNO2/c1-12-16-10-14(22)6-9-17(16)23(15-7-4-13(21)5-8-15)18(12)11-20(2,3)19(24)25/h4-10H,11H2,1-3H3,(H,24,25). The largest absolute Gasteiger partial charge is 0.481 e. The molecule has 0 fully saturated rings. The van der Waals surface area contributed by atoms with Gasteiger partial charge in [0.1, 0.15) is 5.82 Å². The van der Waals surface area contributed by atoms with Crippen molar-refractivity contribution in [3.8, 4) is 5.69 Å². The Morgan fingerprint density at radius 2 is 1.84 bits per heavy atom. The van der Waals surface area contributed by atoms with Crippen molar-refractivity contribution in [3.63, 3.8) is 0 Å². The van der Waals surface area contributed by atoms with Crippen molar-refractivity contribution in [1.82, 2.24) is 4.57 Å².